The van der Waals surface area contributed by atoms with Gasteiger partial charge in [0.1, 0.15) is 6.61 Å². The van der Waals surface area contributed by atoms with E-state index in [9.17, 15) is 8.42 Å². The van der Waals surface area contributed by atoms with E-state index in [4.69, 9.17) is 4.74 Å². The second-order valence-electron chi connectivity index (χ2n) is 5.73. The number of hydrogen-bond acceptors (Lipinski definition) is 4. The molecule has 0 unspecified atom stereocenters. The van der Waals surface area contributed by atoms with Gasteiger partial charge < -0.3 is 4.74 Å². The largest absolute Gasteiger partial charge is 0.485 e. The Kier molecular flexibility index (Phi) is 5.98. The zero-order chi connectivity index (χ0) is 16.7. The minimum absolute atomic E-state index is 0.0688. The first kappa shape index (κ1) is 17.3. The number of rotatable bonds is 8. The zero-order valence-electron chi connectivity index (χ0n) is 13.4. The summed E-state index contributed by atoms with van der Waals surface area (Å²) in [6.07, 6.45) is 2.14. The molecule has 2 aromatic rings. The van der Waals surface area contributed by atoms with Gasteiger partial charge >= 0.3 is 0 Å². The van der Waals surface area contributed by atoms with Gasteiger partial charge in [0, 0.05) is 6.20 Å². The van der Waals surface area contributed by atoms with Gasteiger partial charge in [0.15, 0.2) is 11.6 Å². The molecule has 0 fully saturated rings. The normalized spacial score (nSPS) is 11.4. The van der Waals surface area contributed by atoms with E-state index < -0.39 is 10.0 Å². The average Bonchev–Trinajstić information content (AvgIpc) is 2.53. The van der Waals surface area contributed by atoms with Crippen LogP contribution in [0.2, 0.25) is 0 Å². The molecule has 5 nitrogen and oxygen atoms in total. The molecule has 1 aromatic carbocycles. The molecule has 23 heavy (non-hydrogen) atoms. The maximum atomic E-state index is 12.1. The summed E-state index contributed by atoms with van der Waals surface area (Å²) in [5, 5.41) is 0. The van der Waals surface area contributed by atoms with Crippen LogP contribution in [0.1, 0.15) is 25.8 Å². The Morgan fingerprint density at radius 3 is 2.57 bits per heavy atom. The van der Waals surface area contributed by atoms with Crippen LogP contribution >= 0.6 is 0 Å². The van der Waals surface area contributed by atoms with Crippen LogP contribution in [-0.4, -0.2) is 19.2 Å². The molecule has 1 N–H and O–H groups in total. The third kappa shape index (κ3) is 5.90. The number of anilines is 1. The highest BCUT2D eigenvalue weighted by Gasteiger charge is 2.15. The molecule has 0 amide bonds. The van der Waals surface area contributed by atoms with Crippen molar-refractivity contribution in [3.63, 3.8) is 0 Å². The van der Waals surface area contributed by atoms with Crippen LogP contribution in [-0.2, 0) is 16.6 Å². The van der Waals surface area contributed by atoms with Crippen LogP contribution in [0.4, 0.5) is 5.82 Å². The average molecular weight is 334 g/mol. The van der Waals surface area contributed by atoms with Gasteiger partial charge in [-0.3, -0.25) is 4.72 Å². The van der Waals surface area contributed by atoms with E-state index in [0.29, 0.717) is 24.7 Å². The van der Waals surface area contributed by atoms with Gasteiger partial charge in [-0.15, -0.1) is 0 Å². The van der Waals surface area contributed by atoms with Gasteiger partial charge in [-0.25, -0.2) is 13.4 Å². The fourth-order valence-corrected chi connectivity index (χ4v) is 3.24. The van der Waals surface area contributed by atoms with Crippen molar-refractivity contribution in [2.75, 3.05) is 10.5 Å². The van der Waals surface area contributed by atoms with Gasteiger partial charge in [-0.1, -0.05) is 44.2 Å². The van der Waals surface area contributed by atoms with Crippen LogP contribution in [0, 0.1) is 5.92 Å². The molecule has 0 spiro atoms. The third-order valence-corrected chi connectivity index (χ3v) is 4.50. The quantitative estimate of drug-likeness (QED) is 0.803. The van der Waals surface area contributed by atoms with Crippen LogP contribution < -0.4 is 9.46 Å². The topological polar surface area (TPSA) is 68.3 Å². The van der Waals surface area contributed by atoms with Crippen LogP contribution in [0.3, 0.4) is 0 Å². The molecule has 1 aromatic heterocycles. The number of ether oxygens (including phenoxy) is 1. The first-order chi connectivity index (χ1) is 11.0. The summed E-state index contributed by atoms with van der Waals surface area (Å²) in [5.41, 5.74) is 1.00. The Hall–Kier alpha value is -2.08. The zero-order valence-corrected chi connectivity index (χ0v) is 14.2. The Morgan fingerprint density at radius 2 is 1.87 bits per heavy atom. The lowest BCUT2D eigenvalue weighted by atomic mass is 10.2. The van der Waals surface area contributed by atoms with E-state index in [0.717, 1.165) is 5.56 Å². The maximum absolute atomic E-state index is 12.1. The van der Waals surface area contributed by atoms with E-state index >= 15 is 0 Å². The smallest absolute Gasteiger partial charge is 0.233 e. The summed E-state index contributed by atoms with van der Waals surface area (Å²) in [4.78, 5) is 4.09. The molecule has 1 heterocycles. The van der Waals surface area contributed by atoms with E-state index in [1.165, 1.54) is 6.20 Å². The molecule has 0 aliphatic heterocycles. The fourth-order valence-electron chi connectivity index (χ4n) is 1.91. The summed E-state index contributed by atoms with van der Waals surface area (Å²) in [6.45, 7) is 4.34. The predicted molar refractivity (Wildman–Crippen MR) is 91.9 cm³/mol. The molecule has 0 saturated carbocycles. The first-order valence-corrected chi connectivity index (χ1v) is 9.24. The van der Waals surface area contributed by atoms with Crippen molar-refractivity contribution in [3.05, 3.63) is 54.2 Å². The number of nitrogens with one attached hydrogen (secondary N) is 1. The van der Waals surface area contributed by atoms with Gasteiger partial charge in [0.25, 0.3) is 0 Å². The van der Waals surface area contributed by atoms with Crippen molar-refractivity contribution in [3.8, 4) is 5.75 Å². The van der Waals surface area contributed by atoms with Crippen LogP contribution in [0.5, 0.6) is 5.75 Å². The highest BCUT2D eigenvalue weighted by molar-refractivity contribution is 7.92. The monoisotopic (exact) mass is 334 g/mol. The van der Waals surface area contributed by atoms with Crippen molar-refractivity contribution >= 4 is 15.8 Å². The third-order valence-electron chi connectivity index (χ3n) is 3.22. The van der Waals surface area contributed by atoms with E-state index in [1.807, 2.05) is 44.2 Å². The second-order valence-corrected chi connectivity index (χ2v) is 7.57. The Bertz CT molecular complexity index is 716. The lowest BCUT2D eigenvalue weighted by Gasteiger charge is -2.13. The highest BCUT2D eigenvalue weighted by atomic mass is 32.2. The first-order valence-electron chi connectivity index (χ1n) is 7.58. The fraction of sp³-hybridized carbons (Fsp3) is 0.353. The summed E-state index contributed by atoms with van der Waals surface area (Å²) in [7, 11) is -3.43. The number of pyridine rings is 1. The molecule has 0 atom stereocenters. The molecule has 6 heteroatoms. The number of benzene rings is 1. The number of nitrogens with zero attached hydrogens (tertiary/aromatic N) is 1. The Labute approximate surface area is 137 Å². The van der Waals surface area contributed by atoms with Gasteiger partial charge in [-0.05, 0) is 30.0 Å². The molecular weight excluding hydrogens is 312 g/mol. The molecular formula is C17H22N2O3S. The Balaban J connectivity index is 2.05. The van der Waals surface area contributed by atoms with Gasteiger partial charge in [0.05, 0.1) is 5.75 Å². The lowest BCUT2D eigenvalue weighted by Crippen LogP contribution is -2.19. The standard InChI is InChI=1S/C17H22N2O3S/c1-14(2)10-12-23(20,21)19-17-16(9-6-11-18-17)22-13-15-7-4-3-5-8-15/h3-9,11,14H,10,12-13H2,1-2H3,(H,18,19). The van der Waals surface area contributed by atoms with Crippen LogP contribution in [0.15, 0.2) is 48.7 Å². The van der Waals surface area contributed by atoms with Crippen molar-refractivity contribution in [1.82, 2.24) is 4.98 Å². The number of aromatic nitrogens is 1. The van der Waals surface area contributed by atoms with E-state index in [1.54, 1.807) is 12.1 Å². The highest BCUT2D eigenvalue weighted by Crippen LogP contribution is 2.23. The van der Waals surface area contributed by atoms with Crippen molar-refractivity contribution in [2.24, 2.45) is 5.92 Å². The maximum Gasteiger partial charge on any atom is 0.233 e. The van der Waals surface area contributed by atoms with E-state index in [-0.39, 0.29) is 11.6 Å². The van der Waals surface area contributed by atoms with Crippen LogP contribution in [0.25, 0.3) is 0 Å². The van der Waals surface area contributed by atoms with Gasteiger partial charge in [-0.2, -0.15) is 0 Å². The Morgan fingerprint density at radius 1 is 1.13 bits per heavy atom. The molecule has 0 aliphatic carbocycles. The predicted octanol–water partition coefficient (Wildman–Crippen LogP) is 3.45. The summed E-state index contributed by atoms with van der Waals surface area (Å²) < 4.78 is 32.5. The minimum Gasteiger partial charge on any atom is -0.485 e. The molecule has 0 radical (unpaired) electrons. The van der Waals surface area contributed by atoms with Crippen molar-refractivity contribution in [1.29, 1.82) is 0 Å². The SMILES string of the molecule is CC(C)CCS(=O)(=O)Nc1ncccc1OCc1ccccc1. The van der Waals surface area contributed by atoms with Crippen molar-refractivity contribution < 1.29 is 13.2 Å². The van der Waals surface area contributed by atoms with Gasteiger partial charge in [0.2, 0.25) is 10.0 Å². The summed E-state index contributed by atoms with van der Waals surface area (Å²) in [6, 6.07) is 13.1. The summed E-state index contributed by atoms with van der Waals surface area (Å²) in [5.74, 6) is 1.04. The van der Waals surface area contributed by atoms with Crippen molar-refractivity contribution in [2.45, 2.75) is 26.9 Å². The molecule has 0 bridgehead atoms. The van der Waals surface area contributed by atoms with E-state index in [2.05, 4.69) is 9.71 Å². The molecule has 0 saturated heterocycles. The lowest BCUT2D eigenvalue weighted by molar-refractivity contribution is 0.307. The second kappa shape index (κ2) is 7.97. The molecule has 124 valence electrons. The number of sulfonamides is 1. The summed E-state index contributed by atoms with van der Waals surface area (Å²) >= 11 is 0. The molecule has 0 aliphatic rings. The number of hydrogen-bond donors (Lipinski definition) is 1. The molecule has 2 rings (SSSR count). The minimum atomic E-state index is -3.43.